The van der Waals surface area contributed by atoms with Crippen LogP contribution in [0.1, 0.15) is 74.0 Å². The molecule has 1 aromatic heterocycles. The van der Waals surface area contributed by atoms with Crippen LogP contribution < -0.4 is 5.32 Å². The van der Waals surface area contributed by atoms with Gasteiger partial charge in [0.15, 0.2) is 0 Å². The average Bonchev–Trinajstić information content (AvgIpc) is 3.00. The first-order valence-corrected chi connectivity index (χ1v) is 10.8. The molecule has 4 nitrogen and oxygen atoms in total. The van der Waals surface area contributed by atoms with Crippen LogP contribution in [0.5, 0.6) is 0 Å². The highest BCUT2D eigenvalue weighted by Gasteiger charge is 2.18. The Morgan fingerprint density at radius 1 is 0.933 bits per heavy atom. The van der Waals surface area contributed by atoms with Gasteiger partial charge in [-0.05, 0) is 60.9 Å². The highest BCUT2D eigenvalue weighted by molar-refractivity contribution is 5.92. The van der Waals surface area contributed by atoms with Gasteiger partial charge in [-0.1, -0.05) is 64.1 Å². The van der Waals surface area contributed by atoms with Crippen LogP contribution in [-0.4, -0.2) is 15.7 Å². The van der Waals surface area contributed by atoms with Crippen molar-refractivity contribution in [2.45, 2.75) is 66.2 Å². The van der Waals surface area contributed by atoms with Crippen molar-refractivity contribution in [3.63, 3.8) is 0 Å². The van der Waals surface area contributed by atoms with E-state index in [2.05, 4.69) is 58.1 Å². The molecular weight excluding hydrogens is 370 g/mol. The van der Waals surface area contributed by atoms with Crippen LogP contribution in [0, 0.1) is 13.8 Å². The first kappa shape index (κ1) is 21.8. The number of anilines is 1. The van der Waals surface area contributed by atoms with Crippen molar-refractivity contribution in [2.24, 2.45) is 0 Å². The van der Waals surface area contributed by atoms with Gasteiger partial charge >= 0.3 is 0 Å². The standard InChI is InChI=1S/C26H33N3O/c1-17(2)22-13-10-14-23(18(3)4)26(22)27-25(30)16-15-24-19(5)28-29(20(24)6)21-11-8-7-9-12-21/h7-14,17-18H,15-16H2,1-6H3,(H,27,30). The number of hydrogen-bond acceptors (Lipinski definition) is 2. The fourth-order valence-corrected chi connectivity index (χ4v) is 3.99. The molecule has 4 heteroatoms. The lowest BCUT2D eigenvalue weighted by molar-refractivity contribution is -0.116. The summed E-state index contributed by atoms with van der Waals surface area (Å²) in [6.45, 7) is 12.8. The number of carbonyl (C=O) groups is 1. The second-order valence-electron chi connectivity index (χ2n) is 8.57. The molecule has 3 rings (SSSR count). The number of aryl methyl sites for hydroxylation is 1. The first-order chi connectivity index (χ1) is 14.3. The van der Waals surface area contributed by atoms with E-state index in [1.807, 2.05) is 41.9 Å². The van der Waals surface area contributed by atoms with Crippen molar-refractivity contribution < 1.29 is 4.79 Å². The minimum atomic E-state index is 0.0521. The number of hydrogen-bond donors (Lipinski definition) is 1. The summed E-state index contributed by atoms with van der Waals surface area (Å²) in [5, 5.41) is 7.93. The number of nitrogens with zero attached hydrogens (tertiary/aromatic N) is 2. The summed E-state index contributed by atoms with van der Waals surface area (Å²) >= 11 is 0. The topological polar surface area (TPSA) is 46.9 Å². The maximum Gasteiger partial charge on any atom is 0.224 e. The highest BCUT2D eigenvalue weighted by Crippen LogP contribution is 2.32. The van der Waals surface area contributed by atoms with E-state index < -0.39 is 0 Å². The number of rotatable bonds is 7. The fourth-order valence-electron chi connectivity index (χ4n) is 3.99. The number of amides is 1. The Hall–Kier alpha value is -2.88. The van der Waals surface area contributed by atoms with Crippen LogP contribution in [0.25, 0.3) is 5.69 Å². The first-order valence-electron chi connectivity index (χ1n) is 10.8. The molecule has 0 unspecified atom stereocenters. The molecule has 0 atom stereocenters. The lowest BCUT2D eigenvalue weighted by atomic mass is 9.92. The van der Waals surface area contributed by atoms with Crippen LogP contribution >= 0.6 is 0 Å². The molecule has 0 saturated carbocycles. The summed E-state index contributed by atoms with van der Waals surface area (Å²) in [5.41, 5.74) is 7.64. The van der Waals surface area contributed by atoms with Gasteiger partial charge in [-0.25, -0.2) is 4.68 Å². The van der Waals surface area contributed by atoms with Crippen molar-refractivity contribution >= 4 is 11.6 Å². The molecule has 0 radical (unpaired) electrons. The molecule has 3 aromatic rings. The van der Waals surface area contributed by atoms with Gasteiger partial charge in [0.1, 0.15) is 0 Å². The molecule has 0 fully saturated rings. The maximum absolute atomic E-state index is 12.9. The van der Waals surface area contributed by atoms with E-state index >= 15 is 0 Å². The van der Waals surface area contributed by atoms with Gasteiger partial charge in [0.2, 0.25) is 5.91 Å². The predicted octanol–water partition coefficient (Wildman–Crippen LogP) is 6.31. The number of carbonyl (C=O) groups excluding carboxylic acids is 1. The van der Waals surface area contributed by atoms with Gasteiger partial charge in [0.05, 0.1) is 11.4 Å². The Labute approximate surface area is 180 Å². The van der Waals surface area contributed by atoms with Crippen LogP contribution in [-0.2, 0) is 11.2 Å². The van der Waals surface area contributed by atoms with E-state index in [0.29, 0.717) is 24.7 Å². The van der Waals surface area contributed by atoms with E-state index in [4.69, 9.17) is 5.10 Å². The average molecular weight is 404 g/mol. The molecule has 30 heavy (non-hydrogen) atoms. The zero-order chi connectivity index (χ0) is 21.8. The molecule has 0 aliphatic carbocycles. The highest BCUT2D eigenvalue weighted by atomic mass is 16.1. The Morgan fingerprint density at radius 3 is 2.10 bits per heavy atom. The summed E-state index contributed by atoms with van der Waals surface area (Å²) in [6, 6.07) is 16.4. The molecule has 1 N–H and O–H groups in total. The molecule has 0 spiro atoms. The maximum atomic E-state index is 12.9. The molecule has 0 aliphatic rings. The normalized spacial score (nSPS) is 11.3. The summed E-state index contributed by atoms with van der Waals surface area (Å²) in [5.74, 6) is 0.761. The van der Waals surface area contributed by atoms with Crippen LogP contribution in [0.15, 0.2) is 48.5 Å². The van der Waals surface area contributed by atoms with Crippen molar-refractivity contribution in [3.8, 4) is 5.69 Å². The fraction of sp³-hybridized carbons (Fsp3) is 0.385. The largest absolute Gasteiger partial charge is 0.326 e. The van der Waals surface area contributed by atoms with Crippen molar-refractivity contribution in [3.05, 3.63) is 76.6 Å². The van der Waals surface area contributed by atoms with E-state index in [1.54, 1.807) is 0 Å². The van der Waals surface area contributed by atoms with Gasteiger partial charge in [-0.2, -0.15) is 5.10 Å². The Balaban J connectivity index is 1.77. The summed E-state index contributed by atoms with van der Waals surface area (Å²) in [7, 11) is 0. The van der Waals surface area contributed by atoms with Crippen LogP contribution in [0.2, 0.25) is 0 Å². The predicted molar refractivity (Wildman–Crippen MR) is 125 cm³/mol. The molecule has 0 aliphatic heterocycles. The zero-order valence-corrected chi connectivity index (χ0v) is 19.0. The van der Waals surface area contributed by atoms with Crippen LogP contribution in [0.4, 0.5) is 5.69 Å². The zero-order valence-electron chi connectivity index (χ0n) is 19.0. The van der Waals surface area contributed by atoms with E-state index in [-0.39, 0.29) is 5.91 Å². The lowest BCUT2D eigenvalue weighted by Gasteiger charge is -2.20. The van der Waals surface area contributed by atoms with Crippen molar-refractivity contribution in [1.29, 1.82) is 0 Å². The molecule has 1 heterocycles. The third kappa shape index (κ3) is 4.64. The van der Waals surface area contributed by atoms with Gasteiger partial charge in [-0.3, -0.25) is 4.79 Å². The second-order valence-corrected chi connectivity index (χ2v) is 8.57. The third-order valence-electron chi connectivity index (χ3n) is 5.68. The minimum Gasteiger partial charge on any atom is -0.326 e. The second kappa shape index (κ2) is 9.29. The Morgan fingerprint density at radius 2 is 1.53 bits per heavy atom. The molecule has 2 aromatic carbocycles. The van der Waals surface area contributed by atoms with Gasteiger partial charge in [0.25, 0.3) is 0 Å². The number of para-hydroxylation sites is 2. The molecular formula is C26H33N3O. The smallest absolute Gasteiger partial charge is 0.224 e. The molecule has 0 saturated heterocycles. The SMILES string of the molecule is Cc1nn(-c2ccccc2)c(C)c1CCC(=O)Nc1c(C(C)C)cccc1C(C)C. The Bertz CT molecular complexity index is 990. The van der Waals surface area contributed by atoms with Gasteiger partial charge in [-0.15, -0.1) is 0 Å². The molecule has 1 amide bonds. The van der Waals surface area contributed by atoms with E-state index in [0.717, 1.165) is 28.3 Å². The Kier molecular flexibility index (Phi) is 6.76. The lowest BCUT2D eigenvalue weighted by Crippen LogP contribution is -2.16. The van der Waals surface area contributed by atoms with Crippen molar-refractivity contribution in [2.75, 3.05) is 5.32 Å². The van der Waals surface area contributed by atoms with E-state index in [1.165, 1.54) is 11.1 Å². The molecule has 158 valence electrons. The van der Waals surface area contributed by atoms with Crippen molar-refractivity contribution in [1.82, 2.24) is 9.78 Å². The quantitative estimate of drug-likeness (QED) is 0.503. The minimum absolute atomic E-state index is 0.0521. The van der Waals surface area contributed by atoms with E-state index in [9.17, 15) is 4.79 Å². The number of aromatic nitrogens is 2. The monoisotopic (exact) mass is 403 g/mol. The van der Waals surface area contributed by atoms with Gasteiger partial charge < -0.3 is 5.32 Å². The van der Waals surface area contributed by atoms with Crippen LogP contribution in [0.3, 0.4) is 0 Å². The summed E-state index contributed by atoms with van der Waals surface area (Å²) < 4.78 is 1.97. The number of benzene rings is 2. The number of nitrogens with one attached hydrogen (secondary N) is 1. The third-order valence-corrected chi connectivity index (χ3v) is 5.68. The molecule has 0 bridgehead atoms. The summed E-state index contributed by atoms with van der Waals surface area (Å²) in [6.07, 6.45) is 1.11. The summed E-state index contributed by atoms with van der Waals surface area (Å²) in [4.78, 5) is 12.9. The van der Waals surface area contributed by atoms with Gasteiger partial charge in [0, 0.05) is 17.8 Å².